The molecule has 2 heteroatoms. The molecule has 1 aromatic rings. The average Bonchev–Trinajstić information content (AvgIpc) is 2.53. The Morgan fingerprint density at radius 1 is 0.762 bits per heavy atom. The first-order valence-electron chi connectivity index (χ1n) is 8.64. The number of unbranched alkanes of at least 4 members (excludes halogenated alkanes) is 9. The lowest BCUT2D eigenvalue weighted by Crippen LogP contribution is -1.97. The van der Waals surface area contributed by atoms with Gasteiger partial charge in [0.15, 0.2) is 0 Å². The van der Waals surface area contributed by atoms with Gasteiger partial charge in [-0.25, -0.2) is 0 Å². The molecule has 0 heterocycles. The molecule has 1 nitrogen and oxygen atoms in total. The van der Waals surface area contributed by atoms with Gasteiger partial charge >= 0.3 is 0 Å². The lowest BCUT2D eigenvalue weighted by molar-refractivity contribution is 0.304. The van der Waals surface area contributed by atoms with Crippen LogP contribution < -0.4 is 4.74 Å². The van der Waals surface area contributed by atoms with Gasteiger partial charge in [-0.2, -0.15) is 0 Å². The van der Waals surface area contributed by atoms with Crippen molar-refractivity contribution < 1.29 is 4.74 Å². The highest BCUT2D eigenvalue weighted by atomic mass is 127. The molecule has 0 amide bonds. The van der Waals surface area contributed by atoms with Crippen LogP contribution in [0.2, 0.25) is 0 Å². The van der Waals surface area contributed by atoms with Gasteiger partial charge in [-0.3, -0.25) is 0 Å². The molecule has 0 aliphatic carbocycles. The van der Waals surface area contributed by atoms with E-state index < -0.39 is 0 Å². The zero-order chi connectivity index (χ0) is 15.2. The fourth-order valence-electron chi connectivity index (χ4n) is 2.45. The van der Waals surface area contributed by atoms with Crippen molar-refractivity contribution >= 4 is 22.6 Å². The van der Waals surface area contributed by atoms with Gasteiger partial charge in [0.25, 0.3) is 0 Å². The molecule has 0 unspecified atom stereocenters. The van der Waals surface area contributed by atoms with Gasteiger partial charge in [0.05, 0.1) is 6.61 Å². The van der Waals surface area contributed by atoms with Gasteiger partial charge in [-0.1, -0.05) is 99.4 Å². The molecule has 0 bridgehead atoms. The molecule has 0 saturated carbocycles. The zero-order valence-corrected chi connectivity index (χ0v) is 15.7. The van der Waals surface area contributed by atoms with Crippen LogP contribution in [0, 0.1) is 0 Å². The highest BCUT2D eigenvalue weighted by molar-refractivity contribution is 14.1. The molecule has 0 aliphatic heterocycles. The highest BCUT2D eigenvalue weighted by Gasteiger charge is 1.96. The van der Waals surface area contributed by atoms with Gasteiger partial charge in [0, 0.05) is 4.43 Å². The van der Waals surface area contributed by atoms with Gasteiger partial charge in [0.2, 0.25) is 0 Å². The largest absolute Gasteiger partial charge is 0.494 e. The third-order valence-corrected chi connectivity index (χ3v) is 4.73. The standard InChI is InChI=1S/C19H31IO/c1-2-3-4-5-6-7-8-9-10-11-16-21-19-14-12-18(17-20)13-15-19/h12-15H,2-11,16-17H2,1H3. The van der Waals surface area contributed by atoms with Crippen LogP contribution in [0.5, 0.6) is 5.75 Å². The van der Waals surface area contributed by atoms with Crippen molar-refractivity contribution in [3.63, 3.8) is 0 Å². The maximum atomic E-state index is 5.78. The van der Waals surface area contributed by atoms with Crippen LogP contribution >= 0.6 is 22.6 Å². The molecule has 0 spiro atoms. The Balaban J connectivity index is 1.88. The average molecular weight is 402 g/mol. The van der Waals surface area contributed by atoms with E-state index in [2.05, 4.69) is 53.8 Å². The maximum Gasteiger partial charge on any atom is 0.119 e. The minimum absolute atomic E-state index is 0.861. The Labute approximate surface area is 145 Å². The highest BCUT2D eigenvalue weighted by Crippen LogP contribution is 2.15. The Morgan fingerprint density at radius 2 is 1.29 bits per heavy atom. The summed E-state index contributed by atoms with van der Waals surface area (Å²) in [4.78, 5) is 0. The molecule has 0 aromatic heterocycles. The second kappa shape index (κ2) is 13.4. The van der Waals surface area contributed by atoms with E-state index in [4.69, 9.17) is 4.74 Å². The fourth-order valence-corrected chi connectivity index (χ4v) is 2.96. The second-order valence-corrected chi connectivity index (χ2v) is 6.57. The predicted molar refractivity (Wildman–Crippen MR) is 102 cm³/mol. The van der Waals surface area contributed by atoms with Crippen LogP contribution in [0.15, 0.2) is 24.3 Å². The Kier molecular flexibility index (Phi) is 12.0. The SMILES string of the molecule is CCCCCCCCCCCCOc1ccc(CI)cc1. The first kappa shape index (κ1) is 18.8. The number of ether oxygens (including phenoxy) is 1. The van der Waals surface area contributed by atoms with Crippen molar-refractivity contribution in [2.75, 3.05) is 6.61 Å². The summed E-state index contributed by atoms with van der Waals surface area (Å²) < 4.78 is 6.84. The Morgan fingerprint density at radius 3 is 1.81 bits per heavy atom. The molecule has 0 radical (unpaired) electrons. The molecule has 1 rings (SSSR count). The summed E-state index contributed by atoms with van der Waals surface area (Å²) in [5.74, 6) is 1.01. The topological polar surface area (TPSA) is 9.23 Å². The summed E-state index contributed by atoms with van der Waals surface area (Å²) in [7, 11) is 0. The number of rotatable bonds is 13. The van der Waals surface area contributed by atoms with E-state index in [0.29, 0.717) is 0 Å². The summed E-state index contributed by atoms with van der Waals surface area (Å²) in [5, 5.41) is 0. The number of hydrogen-bond donors (Lipinski definition) is 0. The maximum absolute atomic E-state index is 5.78. The monoisotopic (exact) mass is 402 g/mol. The number of alkyl halides is 1. The second-order valence-electron chi connectivity index (χ2n) is 5.81. The van der Waals surface area contributed by atoms with Crippen LogP contribution in [0.1, 0.15) is 76.7 Å². The van der Waals surface area contributed by atoms with Crippen molar-refractivity contribution in [2.45, 2.75) is 75.6 Å². The summed E-state index contributed by atoms with van der Waals surface area (Å²) in [6.07, 6.45) is 13.7. The fraction of sp³-hybridized carbons (Fsp3) is 0.684. The van der Waals surface area contributed by atoms with Crippen molar-refractivity contribution in [1.29, 1.82) is 0 Å². The van der Waals surface area contributed by atoms with Crippen molar-refractivity contribution in [3.05, 3.63) is 29.8 Å². The third kappa shape index (κ3) is 10.2. The number of benzene rings is 1. The summed E-state index contributed by atoms with van der Waals surface area (Å²) in [6, 6.07) is 8.48. The van der Waals surface area contributed by atoms with Crippen molar-refractivity contribution in [1.82, 2.24) is 0 Å². The smallest absolute Gasteiger partial charge is 0.119 e. The van der Waals surface area contributed by atoms with E-state index in [1.165, 1.54) is 69.8 Å². The van der Waals surface area contributed by atoms with E-state index in [1.54, 1.807) is 0 Å². The third-order valence-electron chi connectivity index (χ3n) is 3.84. The lowest BCUT2D eigenvalue weighted by Gasteiger charge is -2.06. The first-order chi connectivity index (χ1) is 10.4. The van der Waals surface area contributed by atoms with Gasteiger partial charge in [-0.15, -0.1) is 0 Å². The molecule has 0 saturated heterocycles. The van der Waals surface area contributed by atoms with E-state index in [0.717, 1.165) is 16.8 Å². The molecule has 0 N–H and O–H groups in total. The summed E-state index contributed by atoms with van der Waals surface area (Å²) >= 11 is 2.38. The van der Waals surface area contributed by atoms with Crippen molar-refractivity contribution in [3.8, 4) is 5.75 Å². The zero-order valence-electron chi connectivity index (χ0n) is 13.6. The molecule has 1 aromatic carbocycles. The van der Waals surface area contributed by atoms with Crippen LogP contribution in [-0.4, -0.2) is 6.61 Å². The molecular formula is C19H31IO. The van der Waals surface area contributed by atoms with Crippen molar-refractivity contribution in [2.24, 2.45) is 0 Å². The van der Waals surface area contributed by atoms with E-state index in [9.17, 15) is 0 Å². The number of hydrogen-bond acceptors (Lipinski definition) is 1. The van der Waals surface area contributed by atoms with Gasteiger partial charge in [-0.05, 0) is 24.1 Å². The Hall–Kier alpha value is -0.250. The normalized spacial score (nSPS) is 10.8. The van der Waals surface area contributed by atoms with Gasteiger partial charge in [0.1, 0.15) is 5.75 Å². The quantitative estimate of drug-likeness (QED) is 0.198. The molecular weight excluding hydrogens is 371 g/mol. The molecule has 0 fully saturated rings. The minimum Gasteiger partial charge on any atom is -0.494 e. The molecule has 0 atom stereocenters. The van der Waals surface area contributed by atoms with E-state index in [1.807, 2.05) is 0 Å². The van der Waals surface area contributed by atoms with Crippen LogP contribution in [0.4, 0.5) is 0 Å². The molecule has 21 heavy (non-hydrogen) atoms. The number of halogens is 1. The Bertz CT molecular complexity index is 334. The predicted octanol–water partition coefficient (Wildman–Crippen LogP) is 6.92. The first-order valence-corrected chi connectivity index (χ1v) is 10.2. The minimum atomic E-state index is 0.861. The van der Waals surface area contributed by atoms with Crippen LogP contribution in [-0.2, 0) is 4.43 Å². The summed E-state index contributed by atoms with van der Waals surface area (Å²) in [5.41, 5.74) is 1.36. The van der Waals surface area contributed by atoms with Crippen LogP contribution in [0.3, 0.4) is 0 Å². The van der Waals surface area contributed by atoms with E-state index in [-0.39, 0.29) is 0 Å². The molecule has 120 valence electrons. The lowest BCUT2D eigenvalue weighted by atomic mass is 10.1. The van der Waals surface area contributed by atoms with Crippen LogP contribution in [0.25, 0.3) is 0 Å². The summed E-state index contributed by atoms with van der Waals surface area (Å²) in [6.45, 7) is 3.14. The van der Waals surface area contributed by atoms with Gasteiger partial charge < -0.3 is 4.74 Å². The van der Waals surface area contributed by atoms with E-state index >= 15 is 0 Å². The molecule has 0 aliphatic rings.